The highest BCUT2D eigenvalue weighted by molar-refractivity contribution is 7.91. The van der Waals surface area contributed by atoms with Gasteiger partial charge in [0.05, 0.1) is 29.3 Å². The zero-order valence-corrected chi connectivity index (χ0v) is 15.7. The van der Waals surface area contributed by atoms with Crippen molar-refractivity contribution >= 4 is 15.7 Å². The van der Waals surface area contributed by atoms with Crippen LogP contribution in [0, 0.1) is 12.7 Å². The second-order valence-corrected chi connectivity index (χ2v) is 8.88. The molecule has 1 saturated heterocycles. The van der Waals surface area contributed by atoms with Gasteiger partial charge in [-0.2, -0.15) is 0 Å². The average Bonchev–Trinajstić information content (AvgIpc) is 3.34. The van der Waals surface area contributed by atoms with E-state index in [2.05, 4.69) is 15.5 Å². The summed E-state index contributed by atoms with van der Waals surface area (Å²) in [5, 5.41) is 6.40. The summed E-state index contributed by atoms with van der Waals surface area (Å²) >= 11 is 0. The summed E-state index contributed by atoms with van der Waals surface area (Å²) in [7, 11) is -3.37. The van der Waals surface area contributed by atoms with Crippen molar-refractivity contribution in [2.75, 3.05) is 11.5 Å². The molecule has 3 heterocycles. The zero-order valence-electron chi connectivity index (χ0n) is 14.9. The number of carbonyl (C=O) groups is 1. The number of sulfone groups is 1. The number of amides is 1. The standard InChI is InChI=1S/C18H17FN4O4S/c1-11-8-16(27-22-11)18(24)21-14-9-28(25,26)10-15(14)23-7-6-20-17(23)12-2-4-13(19)5-3-12/h2-8,14-15H,9-10H2,1H3,(H,21,24)/t14-,15-/m1/s1. The Morgan fingerprint density at radius 1 is 1.29 bits per heavy atom. The van der Waals surface area contributed by atoms with Crippen LogP contribution in [0.2, 0.25) is 0 Å². The van der Waals surface area contributed by atoms with Gasteiger partial charge in [-0.25, -0.2) is 17.8 Å². The van der Waals surface area contributed by atoms with Gasteiger partial charge in [-0.1, -0.05) is 5.16 Å². The summed E-state index contributed by atoms with van der Waals surface area (Å²) in [4.78, 5) is 16.7. The molecule has 0 bridgehead atoms. The lowest BCUT2D eigenvalue weighted by Crippen LogP contribution is -2.40. The number of carbonyl (C=O) groups excluding carboxylic acids is 1. The molecule has 10 heteroatoms. The lowest BCUT2D eigenvalue weighted by atomic mass is 10.1. The molecule has 0 saturated carbocycles. The van der Waals surface area contributed by atoms with Gasteiger partial charge in [-0.3, -0.25) is 4.79 Å². The monoisotopic (exact) mass is 404 g/mol. The van der Waals surface area contributed by atoms with Crippen LogP contribution in [0.25, 0.3) is 11.4 Å². The molecule has 0 spiro atoms. The smallest absolute Gasteiger partial charge is 0.290 e. The number of nitrogens with zero attached hydrogens (tertiary/aromatic N) is 3. The summed E-state index contributed by atoms with van der Waals surface area (Å²) in [5.41, 5.74) is 1.19. The predicted octanol–water partition coefficient (Wildman–Crippen LogP) is 1.75. The Bertz CT molecular complexity index is 1120. The molecule has 1 N–H and O–H groups in total. The molecule has 2 atom stereocenters. The maximum Gasteiger partial charge on any atom is 0.290 e. The van der Waals surface area contributed by atoms with E-state index in [1.54, 1.807) is 36.0 Å². The minimum Gasteiger partial charge on any atom is -0.351 e. The minimum absolute atomic E-state index is 0.0185. The fourth-order valence-corrected chi connectivity index (χ4v) is 5.26. The van der Waals surface area contributed by atoms with E-state index < -0.39 is 27.8 Å². The SMILES string of the molecule is Cc1cc(C(=O)N[C@@H]2CS(=O)(=O)C[C@H]2n2ccnc2-c2ccc(F)cc2)on1. The third-order valence-electron chi connectivity index (χ3n) is 4.62. The lowest BCUT2D eigenvalue weighted by Gasteiger charge is -2.22. The van der Waals surface area contributed by atoms with Crippen LogP contribution in [0.1, 0.15) is 22.3 Å². The molecule has 8 nitrogen and oxygen atoms in total. The molecule has 1 aromatic carbocycles. The number of nitrogens with one attached hydrogen (secondary N) is 1. The van der Waals surface area contributed by atoms with Crippen LogP contribution in [-0.4, -0.2) is 46.6 Å². The molecule has 0 radical (unpaired) electrons. The van der Waals surface area contributed by atoms with E-state index in [1.165, 1.54) is 18.2 Å². The quantitative estimate of drug-likeness (QED) is 0.710. The van der Waals surface area contributed by atoms with Crippen molar-refractivity contribution in [2.24, 2.45) is 0 Å². The molecular weight excluding hydrogens is 387 g/mol. The van der Waals surface area contributed by atoms with Gasteiger partial charge in [0.25, 0.3) is 5.91 Å². The third kappa shape index (κ3) is 3.55. The third-order valence-corrected chi connectivity index (χ3v) is 6.34. The molecule has 3 aromatic rings. The van der Waals surface area contributed by atoms with Gasteiger partial charge in [0, 0.05) is 24.0 Å². The Morgan fingerprint density at radius 2 is 2.04 bits per heavy atom. The van der Waals surface area contributed by atoms with Crippen molar-refractivity contribution in [3.8, 4) is 11.4 Å². The van der Waals surface area contributed by atoms with Crippen molar-refractivity contribution in [2.45, 2.75) is 19.0 Å². The van der Waals surface area contributed by atoms with Crippen molar-refractivity contribution in [1.29, 1.82) is 0 Å². The van der Waals surface area contributed by atoms with Gasteiger partial charge in [0.2, 0.25) is 5.76 Å². The van der Waals surface area contributed by atoms with Gasteiger partial charge >= 0.3 is 0 Å². The first kappa shape index (κ1) is 18.4. The van der Waals surface area contributed by atoms with E-state index in [1.807, 2.05) is 0 Å². The highest BCUT2D eigenvalue weighted by atomic mass is 32.2. The number of aromatic nitrogens is 3. The van der Waals surface area contributed by atoms with E-state index in [0.29, 0.717) is 17.1 Å². The lowest BCUT2D eigenvalue weighted by molar-refractivity contribution is 0.0895. The molecule has 146 valence electrons. The fourth-order valence-electron chi connectivity index (χ4n) is 3.35. The Balaban J connectivity index is 1.65. The summed E-state index contributed by atoms with van der Waals surface area (Å²) in [6, 6.07) is 6.02. The molecule has 0 aliphatic carbocycles. The van der Waals surface area contributed by atoms with E-state index in [4.69, 9.17) is 4.52 Å². The topological polar surface area (TPSA) is 107 Å². The maximum atomic E-state index is 13.2. The van der Waals surface area contributed by atoms with Crippen LogP contribution in [0.3, 0.4) is 0 Å². The van der Waals surface area contributed by atoms with Gasteiger partial charge in [-0.05, 0) is 31.2 Å². The fraction of sp³-hybridized carbons (Fsp3) is 0.278. The summed E-state index contributed by atoms with van der Waals surface area (Å²) in [6.45, 7) is 1.68. The molecular formula is C18H17FN4O4S. The van der Waals surface area contributed by atoms with Crippen LogP contribution < -0.4 is 5.32 Å². The minimum atomic E-state index is -3.37. The van der Waals surface area contributed by atoms with E-state index >= 15 is 0 Å². The first-order valence-corrected chi connectivity index (χ1v) is 10.4. The number of benzene rings is 1. The molecule has 1 amide bonds. The Morgan fingerprint density at radius 3 is 2.71 bits per heavy atom. The first-order valence-electron chi connectivity index (χ1n) is 8.56. The molecule has 4 rings (SSSR count). The van der Waals surface area contributed by atoms with Crippen LogP contribution in [0.5, 0.6) is 0 Å². The summed E-state index contributed by atoms with van der Waals surface area (Å²) in [6.07, 6.45) is 3.20. The van der Waals surface area contributed by atoms with Crippen molar-refractivity contribution < 1.29 is 22.1 Å². The Kier molecular flexibility index (Phi) is 4.50. The summed E-state index contributed by atoms with van der Waals surface area (Å²) < 4.78 is 44.5. The van der Waals surface area contributed by atoms with Gasteiger partial charge < -0.3 is 14.4 Å². The predicted molar refractivity (Wildman–Crippen MR) is 97.8 cm³/mol. The molecule has 28 heavy (non-hydrogen) atoms. The number of imidazole rings is 1. The van der Waals surface area contributed by atoms with Crippen molar-refractivity contribution in [3.63, 3.8) is 0 Å². The first-order chi connectivity index (χ1) is 13.3. The Hall–Kier alpha value is -3.01. The zero-order chi connectivity index (χ0) is 19.9. The number of aryl methyl sites for hydroxylation is 1. The second kappa shape index (κ2) is 6.86. The van der Waals surface area contributed by atoms with E-state index in [9.17, 15) is 17.6 Å². The molecule has 1 fully saturated rings. The van der Waals surface area contributed by atoms with Crippen molar-refractivity contribution in [1.82, 2.24) is 20.0 Å². The van der Waals surface area contributed by atoms with E-state index in [-0.39, 0.29) is 23.1 Å². The van der Waals surface area contributed by atoms with Crippen LogP contribution >= 0.6 is 0 Å². The van der Waals surface area contributed by atoms with Crippen LogP contribution in [0.15, 0.2) is 47.2 Å². The molecule has 0 unspecified atom stereocenters. The normalized spacial score (nSPS) is 20.9. The highest BCUT2D eigenvalue weighted by Gasteiger charge is 2.41. The van der Waals surface area contributed by atoms with E-state index in [0.717, 1.165) is 0 Å². The number of hydrogen-bond donors (Lipinski definition) is 1. The largest absolute Gasteiger partial charge is 0.351 e. The van der Waals surface area contributed by atoms with Gasteiger partial charge in [0.1, 0.15) is 11.6 Å². The van der Waals surface area contributed by atoms with Crippen molar-refractivity contribution in [3.05, 3.63) is 60.0 Å². The Labute approximate surface area is 160 Å². The number of rotatable bonds is 4. The number of hydrogen-bond acceptors (Lipinski definition) is 6. The second-order valence-electron chi connectivity index (χ2n) is 6.72. The summed E-state index contributed by atoms with van der Waals surface area (Å²) in [5.74, 6) is -0.731. The molecule has 2 aromatic heterocycles. The maximum absolute atomic E-state index is 13.2. The van der Waals surface area contributed by atoms with Gasteiger partial charge in [0.15, 0.2) is 9.84 Å². The average molecular weight is 404 g/mol. The van der Waals surface area contributed by atoms with Crippen LogP contribution in [-0.2, 0) is 9.84 Å². The van der Waals surface area contributed by atoms with Gasteiger partial charge in [-0.15, -0.1) is 0 Å². The van der Waals surface area contributed by atoms with Crippen LogP contribution in [0.4, 0.5) is 4.39 Å². The number of halogens is 1. The molecule has 1 aliphatic rings. The highest BCUT2D eigenvalue weighted by Crippen LogP contribution is 2.29. The molecule has 1 aliphatic heterocycles.